The summed E-state index contributed by atoms with van der Waals surface area (Å²) in [6, 6.07) is 14.9. The number of nitrogens with zero attached hydrogens (tertiary/aromatic N) is 1. The van der Waals surface area contributed by atoms with Crippen molar-refractivity contribution in [1.29, 1.82) is 0 Å². The summed E-state index contributed by atoms with van der Waals surface area (Å²) in [5, 5.41) is 6.27. The minimum atomic E-state index is -0.569. The van der Waals surface area contributed by atoms with E-state index in [1.807, 2.05) is 62.4 Å². The third-order valence-electron chi connectivity index (χ3n) is 4.21. The van der Waals surface area contributed by atoms with E-state index in [4.69, 9.17) is 0 Å². The topological polar surface area (TPSA) is 71.1 Å². The van der Waals surface area contributed by atoms with Crippen LogP contribution in [0, 0.1) is 6.92 Å². The third kappa shape index (κ3) is 5.14. The number of anilines is 1. The average Bonchev–Trinajstić information content (AvgIpc) is 3.03. The summed E-state index contributed by atoms with van der Waals surface area (Å²) in [5.41, 5.74) is 2.94. The highest BCUT2D eigenvalue weighted by Crippen LogP contribution is 2.26. The summed E-state index contributed by atoms with van der Waals surface area (Å²) in [6.45, 7) is 4.01. The molecule has 2 amide bonds. The molecule has 2 aromatic carbocycles. The van der Waals surface area contributed by atoms with Crippen LogP contribution in [0.2, 0.25) is 0 Å². The maximum Gasteiger partial charge on any atom is 0.248 e. The second-order valence-electron chi connectivity index (χ2n) is 6.55. The van der Waals surface area contributed by atoms with Crippen LogP contribution in [-0.2, 0) is 16.0 Å². The molecule has 1 atom stereocenters. The van der Waals surface area contributed by atoms with Gasteiger partial charge in [0.2, 0.25) is 11.8 Å². The molecule has 0 aliphatic rings. The molecule has 0 fully saturated rings. The predicted octanol–water partition coefficient (Wildman–Crippen LogP) is 4.07. The Morgan fingerprint density at radius 1 is 1.15 bits per heavy atom. The summed E-state index contributed by atoms with van der Waals surface area (Å²) < 4.78 is 1.03. The molecule has 5 nitrogen and oxygen atoms in total. The van der Waals surface area contributed by atoms with Gasteiger partial charge in [-0.3, -0.25) is 9.59 Å². The number of aryl methyl sites for hydroxylation is 1. The number of fused-ring (bicyclic) bond motifs is 1. The number of thiazole rings is 1. The van der Waals surface area contributed by atoms with Crippen molar-refractivity contribution in [2.24, 2.45) is 0 Å². The highest BCUT2D eigenvalue weighted by atomic mass is 32.1. The van der Waals surface area contributed by atoms with E-state index >= 15 is 0 Å². The van der Waals surface area contributed by atoms with E-state index in [-0.39, 0.29) is 18.2 Å². The van der Waals surface area contributed by atoms with Gasteiger partial charge in [0.25, 0.3) is 0 Å². The van der Waals surface area contributed by atoms with Crippen molar-refractivity contribution in [2.75, 3.05) is 5.32 Å². The molecule has 3 rings (SSSR count). The van der Waals surface area contributed by atoms with Gasteiger partial charge in [0.05, 0.1) is 16.6 Å². The number of carbonyl (C=O) groups is 2. The summed E-state index contributed by atoms with van der Waals surface area (Å²) in [7, 11) is 0. The molecule has 1 unspecified atom stereocenters. The molecule has 0 aliphatic carbocycles. The lowest BCUT2D eigenvalue weighted by atomic mass is 10.1. The molecular weight excluding hydrogens is 358 g/mol. The Hall–Kier alpha value is -2.73. The fourth-order valence-corrected chi connectivity index (χ4v) is 3.83. The van der Waals surface area contributed by atoms with Crippen LogP contribution in [-0.4, -0.2) is 22.8 Å². The summed E-state index contributed by atoms with van der Waals surface area (Å²) in [4.78, 5) is 29.5. The molecule has 0 saturated heterocycles. The monoisotopic (exact) mass is 381 g/mol. The van der Waals surface area contributed by atoms with Crippen LogP contribution in [0.3, 0.4) is 0 Å². The molecule has 27 heavy (non-hydrogen) atoms. The molecule has 140 valence electrons. The Balaban J connectivity index is 1.65. The molecule has 0 spiro atoms. The number of benzene rings is 2. The molecule has 1 heterocycles. The second kappa shape index (κ2) is 8.77. The molecule has 2 N–H and O–H groups in total. The van der Waals surface area contributed by atoms with Gasteiger partial charge in [0.1, 0.15) is 6.04 Å². The maximum absolute atomic E-state index is 12.7. The van der Waals surface area contributed by atoms with Crippen LogP contribution in [0.25, 0.3) is 10.2 Å². The zero-order valence-corrected chi connectivity index (χ0v) is 16.3. The zero-order chi connectivity index (χ0) is 19.2. The van der Waals surface area contributed by atoms with Crippen LogP contribution < -0.4 is 10.6 Å². The molecule has 6 heteroatoms. The van der Waals surface area contributed by atoms with Crippen LogP contribution in [0.15, 0.2) is 48.5 Å². The first-order chi connectivity index (χ1) is 13.0. The largest absolute Gasteiger partial charge is 0.344 e. The summed E-state index contributed by atoms with van der Waals surface area (Å²) in [5.74, 6) is -0.385. The number of carbonyl (C=O) groups excluding carboxylic acids is 2. The van der Waals surface area contributed by atoms with Crippen molar-refractivity contribution in [2.45, 2.75) is 39.2 Å². The summed E-state index contributed by atoms with van der Waals surface area (Å²) >= 11 is 1.44. The van der Waals surface area contributed by atoms with Crippen molar-refractivity contribution < 1.29 is 9.59 Å². The normalized spacial score (nSPS) is 11.9. The van der Waals surface area contributed by atoms with Crippen LogP contribution >= 0.6 is 11.3 Å². The summed E-state index contributed by atoms with van der Waals surface area (Å²) in [6.07, 6.45) is 1.63. The van der Waals surface area contributed by atoms with Gasteiger partial charge >= 0.3 is 0 Å². The van der Waals surface area contributed by atoms with Gasteiger partial charge < -0.3 is 10.6 Å². The van der Waals surface area contributed by atoms with Gasteiger partial charge in [-0.15, -0.1) is 0 Å². The van der Waals surface area contributed by atoms with Gasteiger partial charge in [-0.25, -0.2) is 4.98 Å². The number of amides is 2. The average molecular weight is 382 g/mol. The van der Waals surface area contributed by atoms with Crippen molar-refractivity contribution >= 4 is 38.5 Å². The van der Waals surface area contributed by atoms with Gasteiger partial charge in [-0.2, -0.15) is 0 Å². The van der Waals surface area contributed by atoms with Gasteiger partial charge in [-0.1, -0.05) is 61.1 Å². The Kier molecular flexibility index (Phi) is 6.19. The van der Waals surface area contributed by atoms with Gasteiger partial charge in [-0.05, 0) is 36.6 Å². The van der Waals surface area contributed by atoms with E-state index < -0.39 is 6.04 Å². The van der Waals surface area contributed by atoms with E-state index in [1.54, 1.807) is 0 Å². The van der Waals surface area contributed by atoms with Crippen LogP contribution in [0.1, 0.15) is 30.9 Å². The van der Waals surface area contributed by atoms with Gasteiger partial charge in [0, 0.05) is 0 Å². The molecule has 0 saturated carbocycles. The lowest BCUT2D eigenvalue weighted by Gasteiger charge is -2.17. The predicted molar refractivity (Wildman–Crippen MR) is 110 cm³/mol. The van der Waals surface area contributed by atoms with Gasteiger partial charge in [0.15, 0.2) is 5.13 Å². The van der Waals surface area contributed by atoms with Crippen molar-refractivity contribution in [3.8, 4) is 0 Å². The van der Waals surface area contributed by atoms with Crippen LogP contribution in [0.5, 0.6) is 0 Å². The molecule has 0 bridgehead atoms. The van der Waals surface area contributed by atoms with Crippen LogP contribution in [0.4, 0.5) is 5.13 Å². The fourth-order valence-electron chi connectivity index (χ4n) is 2.86. The second-order valence-corrected chi connectivity index (χ2v) is 7.58. The Morgan fingerprint density at radius 2 is 1.93 bits per heavy atom. The van der Waals surface area contributed by atoms with E-state index in [0.717, 1.165) is 27.8 Å². The molecule has 1 aromatic heterocycles. The van der Waals surface area contributed by atoms with E-state index in [1.165, 1.54) is 11.3 Å². The van der Waals surface area contributed by atoms with E-state index in [0.29, 0.717) is 11.6 Å². The zero-order valence-electron chi connectivity index (χ0n) is 15.5. The lowest BCUT2D eigenvalue weighted by molar-refractivity contribution is -0.126. The molecular formula is C21H23N3O2S. The quantitative estimate of drug-likeness (QED) is 0.648. The first-order valence-corrected chi connectivity index (χ1v) is 9.88. The first kappa shape index (κ1) is 19.0. The number of hydrogen-bond acceptors (Lipinski definition) is 4. The Morgan fingerprint density at radius 3 is 2.67 bits per heavy atom. The van der Waals surface area contributed by atoms with Crippen molar-refractivity contribution in [3.05, 3.63) is 59.7 Å². The molecule has 3 aromatic rings. The third-order valence-corrected chi connectivity index (χ3v) is 5.14. The minimum Gasteiger partial charge on any atom is -0.344 e. The highest BCUT2D eigenvalue weighted by Gasteiger charge is 2.21. The fraction of sp³-hybridized carbons (Fsp3) is 0.286. The Labute approximate surface area is 162 Å². The van der Waals surface area contributed by atoms with Crippen molar-refractivity contribution in [3.63, 3.8) is 0 Å². The van der Waals surface area contributed by atoms with E-state index in [9.17, 15) is 9.59 Å². The van der Waals surface area contributed by atoms with Crippen molar-refractivity contribution in [1.82, 2.24) is 10.3 Å². The Bertz CT molecular complexity index is 937. The van der Waals surface area contributed by atoms with E-state index in [2.05, 4.69) is 15.6 Å². The number of aromatic nitrogens is 1. The lowest BCUT2D eigenvalue weighted by Crippen LogP contribution is -2.44. The standard InChI is InChI=1S/C21H23N3O2S/c1-3-7-17(22-19(25)13-15-8-5-4-6-9-15)20(26)24-21-23-16-11-10-14(2)12-18(16)27-21/h4-6,8-12,17H,3,7,13H2,1-2H3,(H,22,25)(H,23,24,26). The smallest absolute Gasteiger partial charge is 0.248 e. The number of rotatable bonds is 7. The molecule has 0 radical (unpaired) electrons. The molecule has 0 aliphatic heterocycles. The number of hydrogen-bond donors (Lipinski definition) is 2. The SMILES string of the molecule is CCCC(NC(=O)Cc1ccccc1)C(=O)Nc1nc2ccc(C)cc2s1. The minimum absolute atomic E-state index is 0.158. The number of nitrogens with one attached hydrogen (secondary N) is 2. The first-order valence-electron chi connectivity index (χ1n) is 9.06. The maximum atomic E-state index is 12.7. The highest BCUT2D eigenvalue weighted by molar-refractivity contribution is 7.22.